The number of likely N-dealkylation sites (N-methyl/N-ethyl adjacent to an activating group) is 1. The minimum atomic E-state index is -4.71. The lowest BCUT2D eigenvalue weighted by Crippen LogP contribution is -2.47. The summed E-state index contributed by atoms with van der Waals surface area (Å²) in [6.45, 7) is 8.27. The first-order valence-corrected chi connectivity index (χ1v) is 16.0. The zero-order valence-electron chi connectivity index (χ0n) is 27.1. The molecule has 2 saturated heterocycles. The number of amides is 1. The minimum absolute atomic E-state index is 0.0198. The van der Waals surface area contributed by atoms with E-state index in [4.69, 9.17) is 31.8 Å². The Kier molecular flexibility index (Phi) is 9.76. The molecule has 3 atom stereocenters. The number of rotatable bonds is 6. The van der Waals surface area contributed by atoms with Crippen LogP contribution in [0.4, 0.5) is 23.8 Å². The minimum Gasteiger partial charge on any atom is -0.462 e. The molecule has 10 nitrogen and oxygen atoms in total. The number of nitrogen functional groups attached to an aromatic ring is 1. The van der Waals surface area contributed by atoms with Crippen LogP contribution in [0.25, 0.3) is 22.2 Å². The number of carbonyl (C=O) groups excluding carboxylic acids is 1. The van der Waals surface area contributed by atoms with Crippen molar-refractivity contribution < 1.29 is 27.4 Å². The van der Waals surface area contributed by atoms with Crippen molar-refractivity contribution in [3.63, 3.8) is 0 Å². The Hall–Kier alpha value is -3.89. The Morgan fingerprint density at radius 1 is 1.13 bits per heavy atom. The average Bonchev–Trinajstić information content (AvgIpc) is 3.37. The van der Waals surface area contributed by atoms with Gasteiger partial charge in [-0.2, -0.15) is 28.4 Å². The number of ether oxygens (including phenoxy) is 2. The predicted octanol–water partition coefficient (Wildman–Crippen LogP) is 7.12. The molecule has 0 aliphatic carbocycles. The van der Waals surface area contributed by atoms with Crippen molar-refractivity contribution in [1.29, 1.82) is 5.26 Å². The van der Waals surface area contributed by atoms with Crippen LogP contribution in [-0.2, 0) is 10.9 Å². The molecule has 0 saturated carbocycles. The van der Waals surface area contributed by atoms with Crippen LogP contribution in [-0.4, -0.2) is 75.3 Å². The molecule has 2 aliphatic heterocycles. The Morgan fingerprint density at radius 3 is 2.51 bits per heavy atom. The van der Waals surface area contributed by atoms with E-state index < -0.39 is 35.2 Å². The zero-order valence-corrected chi connectivity index (χ0v) is 27.9. The van der Waals surface area contributed by atoms with Crippen molar-refractivity contribution in [2.24, 2.45) is 0 Å². The Labute approximate surface area is 277 Å². The molecule has 1 aromatic carbocycles. The summed E-state index contributed by atoms with van der Waals surface area (Å²) in [5, 5.41) is 10.2. The van der Waals surface area contributed by atoms with Crippen molar-refractivity contribution in [2.75, 3.05) is 32.5 Å². The van der Waals surface area contributed by atoms with Gasteiger partial charge in [-0.15, -0.1) is 0 Å². The van der Waals surface area contributed by atoms with Crippen LogP contribution in [0.15, 0.2) is 18.2 Å². The van der Waals surface area contributed by atoms with Crippen molar-refractivity contribution in [3.8, 4) is 23.3 Å². The normalized spacial score (nSPS) is 20.8. The van der Waals surface area contributed by atoms with Gasteiger partial charge in [0.1, 0.15) is 18.0 Å². The summed E-state index contributed by atoms with van der Waals surface area (Å²) in [6.07, 6.45) is -2.23. The largest absolute Gasteiger partial charge is 0.462 e. The number of aryl methyl sites for hydroxylation is 1. The zero-order chi connectivity index (χ0) is 34.3. The number of nitrogens with zero attached hydrogens (tertiary/aromatic N) is 6. The second-order valence-electron chi connectivity index (χ2n) is 13.3. The summed E-state index contributed by atoms with van der Waals surface area (Å²) >= 11 is 6.73. The first-order valence-electron chi connectivity index (χ1n) is 15.6. The number of likely N-dealkylation sites (tertiary alicyclic amines) is 2. The first-order chi connectivity index (χ1) is 22.1. The SMILES string of the molecule is Cc1cc(N)nc(-c2cc3nc(OC[C@@H]4CCCN4C)nc(C4CCN(C(=O)OC(C)(C)C)C(CC#N)C4)c3cc2Cl)c1C(F)(F)F. The second kappa shape index (κ2) is 13.3. The molecule has 252 valence electrons. The summed E-state index contributed by atoms with van der Waals surface area (Å²) in [4.78, 5) is 30.3. The van der Waals surface area contributed by atoms with Crippen molar-refractivity contribution >= 4 is 34.4 Å². The summed E-state index contributed by atoms with van der Waals surface area (Å²) in [5.41, 5.74) is 4.72. The van der Waals surface area contributed by atoms with Gasteiger partial charge < -0.3 is 25.0 Å². The molecule has 0 spiro atoms. The number of anilines is 1. The van der Waals surface area contributed by atoms with Gasteiger partial charge in [0.25, 0.3) is 0 Å². The van der Waals surface area contributed by atoms with Crippen LogP contribution in [0.3, 0.4) is 0 Å². The summed E-state index contributed by atoms with van der Waals surface area (Å²) in [6, 6.07) is 6.19. The van der Waals surface area contributed by atoms with Crippen molar-refractivity contribution in [3.05, 3.63) is 40.0 Å². The third kappa shape index (κ3) is 7.65. The van der Waals surface area contributed by atoms with E-state index in [1.807, 2.05) is 7.05 Å². The Morgan fingerprint density at radius 2 is 1.87 bits per heavy atom. The highest BCUT2D eigenvalue weighted by atomic mass is 35.5. The van der Waals surface area contributed by atoms with Gasteiger partial charge in [-0.05, 0) is 90.7 Å². The highest BCUT2D eigenvalue weighted by Gasteiger charge is 2.39. The van der Waals surface area contributed by atoms with E-state index in [0.717, 1.165) is 19.4 Å². The molecule has 1 amide bonds. The van der Waals surface area contributed by atoms with Crippen LogP contribution in [0.1, 0.15) is 75.6 Å². The Balaban J connectivity index is 1.60. The maximum atomic E-state index is 14.3. The molecule has 47 heavy (non-hydrogen) atoms. The fraction of sp³-hybridized carbons (Fsp3) is 0.545. The van der Waals surface area contributed by atoms with Gasteiger partial charge in [0.05, 0.1) is 40.0 Å². The van der Waals surface area contributed by atoms with Gasteiger partial charge in [-0.1, -0.05) is 11.6 Å². The van der Waals surface area contributed by atoms with E-state index in [1.54, 1.807) is 31.7 Å². The number of carbonyl (C=O) groups is 1. The monoisotopic (exact) mass is 673 g/mol. The van der Waals surface area contributed by atoms with E-state index in [9.17, 15) is 23.2 Å². The van der Waals surface area contributed by atoms with Crippen molar-refractivity contribution in [1.82, 2.24) is 24.8 Å². The highest BCUT2D eigenvalue weighted by molar-refractivity contribution is 6.34. The van der Waals surface area contributed by atoms with Gasteiger partial charge in [0, 0.05) is 35.5 Å². The lowest BCUT2D eigenvalue weighted by molar-refractivity contribution is -0.137. The van der Waals surface area contributed by atoms with E-state index in [1.165, 1.54) is 19.1 Å². The quantitative estimate of drug-likeness (QED) is 0.290. The van der Waals surface area contributed by atoms with Crippen molar-refractivity contribution in [2.45, 2.75) is 89.6 Å². The molecule has 2 N–H and O–H groups in total. The molecule has 14 heteroatoms. The molecule has 2 fully saturated rings. The van der Waals surface area contributed by atoms with Crippen LogP contribution in [0, 0.1) is 18.3 Å². The highest BCUT2D eigenvalue weighted by Crippen LogP contribution is 2.44. The molecule has 3 aromatic rings. The number of nitrogens with two attached hydrogens (primary N) is 1. The number of fused-ring (bicyclic) bond motifs is 1. The lowest BCUT2D eigenvalue weighted by atomic mass is 9.85. The molecule has 0 radical (unpaired) electrons. The summed E-state index contributed by atoms with van der Waals surface area (Å²) in [7, 11) is 2.02. The van der Waals surface area contributed by atoms with E-state index in [-0.39, 0.29) is 46.4 Å². The predicted molar refractivity (Wildman–Crippen MR) is 172 cm³/mol. The fourth-order valence-corrected chi connectivity index (χ4v) is 6.73. The number of hydrogen-bond donors (Lipinski definition) is 1. The number of halogens is 4. The number of piperidine rings is 1. The number of alkyl halides is 3. The van der Waals surface area contributed by atoms with E-state index in [0.29, 0.717) is 42.6 Å². The topological polar surface area (TPSA) is 130 Å². The standard InChI is InChI=1S/C33H39ClF3N7O3/c1-18-13-26(39)41-29(27(18)33(35,36)37)22-16-25-23(15-24(22)34)28(42-30(40-25)46-17-21-7-6-11-43(21)5)19-9-12-44(20(14-19)8-10-38)31(45)47-32(2,3)4/h13,15-16,19-21H,6-9,11-12,14,17H2,1-5H3,(H2,39,41)/t19?,20?,21-/m0/s1. The van der Waals surface area contributed by atoms with E-state index >= 15 is 0 Å². The fourth-order valence-electron chi connectivity index (χ4n) is 6.48. The third-order valence-electron chi connectivity index (χ3n) is 8.70. The smallest absolute Gasteiger partial charge is 0.418 e. The number of hydrogen-bond acceptors (Lipinski definition) is 9. The molecular formula is C33H39ClF3N7O3. The maximum Gasteiger partial charge on any atom is 0.418 e. The number of pyridine rings is 1. The lowest BCUT2D eigenvalue weighted by Gasteiger charge is -2.39. The van der Waals surface area contributed by atoms with Crippen LogP contribution in [0.5, 0.6) is 6.01 Å². The van der Waals surface area contributed by atoms with Gasteiger partial charge in [-0.3, -0.25) is 0 Å². The van der Waals surface area contributed by atoms with Gasteiger partial charge in [-0.25, -0.2) is 9.78 Å². The summed E-state index contributed by atoms with van der Waals surface area (Å²) < 4.78 is 54.5. The Bertz CT molecular complexity index is 1710. The number of nitriles is 1. The van der Waals surface area contributed by atoms with Crippen LogP contribution < -0.4 is 10.5 Å². The van der Waals surface area contributed by atoms with Gasteiger partial charge >= 0.3 is 18.3 Å². The van der Waals surface area contributed by atoms with E-state index in [2.05, 4.69) is 20.9 Å². The average molecular weight is 674 g/mol. The molecular weight excluding hydrogens is 635 g/mol. The molecule has 2 unspecified atom stereocenters. The molecule has 0 bridgehead atoms. The third-order valence-corrected chi connectivity index (χ3v) is 9.02. The summed E-state index contributed by atoms with van der Waals surface area (Å²) in [5.74, 6) is -0.315. The first kappa shape index (κ1) is 34.4. The van der Waals surface area contributed by atoms with Gasteiger partial charge in [0.15, 0.2) is 0 Å². The molecule has 2 aliphatic rings. The molecule has 5 rings (SSSR count). The number of aromatic nitrogens is 3. The van der Waals surface area contributed by atoms with Crippen LogP contribution >= 0.6 is 11.6 Å². The maximum absolute atomic E-state index is 14.3. The molecule has 2 aromatic heterocycles. The molecule has 4 heterocycles. The van der Waals surface area contributed by atoms with Gasteiger partial charge in [0.2, 0.25) is 0 Å². The van der Waals surface area contributed by atoms with Crippen LogP contribution in [0.2, 0.25) is 5.02 Å². The second-order valence-corrected chi connectivity index (χ2v) is 13.7. The number of benzene rings is 1.